The Hall–Kier alpha value is -0.740. The van der Waals surface area contributed by atoms with Crippen molar-refractivity contribution < 1.29 is 10.2 Å². The van der Waals surface area contributed by atoms with Crippen LogP contribution in [0.25, 0.3) is 0 Å². The highest BCUT2D eigenvalue weighted by molar-refractivity contribution is 5.09. The Morgan fingerprint density at radius 1 is 1.60 bits per heavy atom. The predicted octanol–water partition coefficient (Wildman–Crippen LogP) is -1.50. The van der Waals surface area contributed by atoms with Gasteiger partial charge in [-0.2, -0.15) is 0 Å². The molecule has 1 heterocycles. The van der Waals surface area contributed by atoms with Crippen LogP contribution in [0, 0.1) is 0 Å². The van der Waals surface area contributed by atoms with Crippen molar-refractivity contribution in [2.45, 2.75) is 18.6 Å². The van der Waals surface area contributed by atoms with Crippen molar-refractivity contribution in [3.05, 3.63) is 11.9 Å². The highest BCUT2D eigenvalue weighted by Crippen LogP contribution is 2.10. The normalized spacial score (nSPS) is 37.6. The summed E-state index contributed by atoms with van der Waals surface area (Å²) in [7, 11) is 0. The van der Waals surface area contributed by atoms with Crippen molar-refractivity contribution in [3.8, 4) is 0 Å². The van der Waals surface area contributed by atoms with Gasteiger partial charge < -0.3 is 21.3 Å². The summed E-state index contributed by atoms with van der Waals surface area (Å²) in [6, 6.07) is 0. The number of piperidine rings is 1. The quantitative estimate of drug-likeness (QED) is 0.334. The van der Waals surface area contributed by atoms with E-state index in [1.165, 1.54) is 6.20 Å². The third-order valence-corrected chi connectivity index (χ3v) is 1.63. The van der Waals surface area contributed by atoms with Crippen LogP contribution in [0.2, 0.25) is 0 Å². The molecule has 10 heavy (non-hydrogen) atoms. The molecular weight excluding hydrogens is 132 g/mol. The van der Waals surface area contributed by atoms with E-state index in [0.717, 1.165) is 0 Å². The summed E-state index contributed by atoms with van der Waals surface area (Å²) in [6.07, 6.45) is 0.348. The molecule has 0 aromatic heterocycles. The van der Waals surface area contributed by atoms with Gasteiger partial charge in [0.2, 0.25) is 0 Å². The first-order chi connectivity index (χ1) is 4.75. The molecule has 1 aliphatic heterocycles. The highest BCUT2D eigenvalue weighted by atomic mass is 16.3. The van der Waals surface area contributed by atoms with Crippen molar-refractivity contribution >= 4 is 0 Å². The second-order valence-corrected chi connectivity index (χ2v) is 2.35. The molecule has 1 rings (SSSR count). The van der Waals surface area contributed by atoms with Gasteiger partial charge in [-0.25, -0.2) is 0 Å². The molecule has 0 saturated carbocycles. The Labute approximate surface area is 59.3 Å². The van der Waals surface area contributed by atoms with Gasteiger partial charge in [0.25, 0.3) is 0 Å². The predicted molar refractivity (Wildman–Crippen MR) is 36.9 cm³/mol. The van der Waals surface area contributed by atoms with Gasteiger partial charge in [0.15, 0.2) is 0 Å². The molecule has 0 spiro atoms. The molecule has 0 aliphatic carbocycles. The van der Waals surface area contributed by atoms with E-state index in [-0.39, 0.29) is 0 Å². The average molecular weight is 144 g/mol. The van der Waals surface area contributed by atoms with Crippen LogP contribution in [0.3, 0.4) is 0 Å². The van der Waals surface area contributed by atoms with Crippen LogP contribution in [0.15, 0.2) is 11.9 Å². The second kappa shape index (κ2) is 2.90. The summed E-state index contributed by atoms with van der Waals surface area (Å²) < 4.78 is 0. The van der Waals surface area contributed by atoms with E-state index in [2.05, 4.69) is 5.32 Å². The molecule has 58 valence electrons. The van der Waals surface area contributed by atoms with E-state index in [1.54, 1.807) is 0 Å². The number of nitrogens with two attached hydrogens (primary N) is 1. The van der Waals surface area contributed by atoms with Crippen molar-refractivity contribution in [1.29, 1.82) is 0 Å². The zero-order valence-corrected chi connectivity index (χ0v) is 5.62. The van der Waals surface area contributed by atoms with E-state index < -0.39 is 12.2 Å². The van der Waals surface area contributed by atoms with Crippen LogP contribution in [-0.4, -0.2) is 29.0 Å². The van der Waals surface area contributed by atoms with Gasteiger partial charge in [-0.3, -0.25) is 0 Å². The van der Waals surface area contributed by atoms with Crippen molar-refractivity contribution in [3.63, 3.8) is 0 Å². The zero-order chi connectivity index (χ0) is 7.56. The monoisotopic (exact) mass is 144 g/mol. The maximum Gasteiger partial charge on any atom is 0.121 e. The van der Waals surface area contributed by atoms with Crippen LogP contribution >= 0.6 is 0 Å². The fourth-order valence-corrected chi connectivity index (χ4v) is 0.992. The molecule has 2 atom stereocenters. The summed E-state index contributed by atoms with van der Waals surface area (Å²) in [6.45, 7) is 0.668. The van der Waals surface area contributed by atoms with Gasteiger partial charge in [0.05, 0.1) is 11.8 Å². The lowest BCUT2D eigenvalue weighted by Crippen LogP contribution is -2.42. The molecule has 0 unspecified atom stereocenters. The van der Waals surface area contributed by atoms with Crippen molar-refractivity contribution in [1.82, 2.24) is 5.32 Å². The maximum absolute atomic E-state index is 9.18. The summed E-state index contributed by atoms with van der Waals surface area (Å²) in [4.78, 5) is 0. The number of aliphatic hydroxyl groups is 2. The molecule has 5 N–H and O–H groups in total. The van der Waals surface area contributed by atoms with E-state index in [9.17, 15) is 5.11 Å². The van der Waals surface area contributed by atoms with E-state index in [4.69, 9.17) is 10.8 Å². The fourth-order valence-electron chi connectivity index (χ4n) is 0.992. The Bertz CT molecular complexity index is 147. The first kappa shape index (κ1) is 7.37. The van der Waals surface area contributed by atoms with Crippen LogP contribution in [0.1, 0.15) is 6.42 Å². The SMILES string of the molecule is N/C=C1\NCC[C@@H](O)[C@@H]1O. The molecular formula is C6H12N2O2. The molecule has 0 amide bonds. The topological polar surface area (TPSA) is 78.5 Å². The molecule has 0 bridgehead atoms. The molecule has 4 heteroatoms. The first-order valence-electron chi connectivity index (χ1n) is 3.27. The Balaban J connectivity index is 2.60. The molecule has 1 saturated heterocycles. The third kappa shape index (κ3) is 1.22. The maximum atomic E-state index is 9.18. The summed E-state index contributed by atoms with van der Waals surface area (Å²) >= 11 is 0. The molecule has 0 radical (unpaired) electrons. The Morgan fingerprint density at radius 2 is 2.30 bits per heavy atom. The van der Waals surface area contributed by atoms with Crippen LogP contribution in [0.5, 0.6) is 0 Å². The minimum atomic E-state index is -0.834. The molecule has 1 fully saturated rings. The zero-order valence-electron chi connectivity index (χ0n) is 5.62. The van der Waals surface area contributed by atoms with Gasteiger partial charge >= 0.3 is 0 Å². The second-order valence-electron chi connectivity index (χ2n) is 2.35. The minimum absolute atomic E-state index is 0.513. The molecule has 1 aliphatic rings. The molecule has 0 aromatic carbocycles. The summed E-state index contributed by atoms with van der Waals surface area (Å²) in [5, 5.41) is 21.1. The average Bonchev–Trinajstić information content (AvgIpc) is 1.95. The van der Waals surface area contributed by atoms with Crippen molar-refractivity contribution in [2.75, 3.05) is 6.54 Å². The van der Waals surface area contributed by atoms with Crippen LogP contribution in [-0.2, 0) is 0 Å². The third-order valence-electron chi connectivity index (χ3n) is 1.63. The standard InChI is InChI=1S/C6H12N2O2/c7-3-4-6(10)5(9)1-2-8-4/h3,5-6,8-10H,1-2,7H2/b4-3-/t5-,6-/m1/s1. The summed E-state index contributed by atoms with van der Waals surface area (Å²) in [5.41, 5.74) is 5.67. The lowest BCUT2D eigenvalue weighted by Gasteiger charge is -2.26. The summed E-state index contributed by atoms with van der Waals surface area (Å²) in [5.74, 6) is 0. The number of nitrogens with one attached hydrogen (secondary N) is 1. The Kier molecular flexibility index (Phi) is 2.13. The minimum Gasteiger partial charge on any atom is -0.403 e. The van der Waals surface area contributed by atoms with Gasteiger partial charge in [-0.1, -0.05) is 0 Å². The van der Waals surface area contributed by atoms with Gasteiger partial charge in [-0.15, -0.1) is 0 Å². The van der Waals surface area contributed by atoms with Crippen LogP contribution in [0.4, 0.5) is 0 Å². The van der Waals surface area contributed by atoms with Crippen molar-refractivity contribution in [2.24, 2.45) is 5.73 Å². The van der Waals surface area contributed by atoms with E-state index in [0.29, 0.717) is 18.7 Å². The molecule has 0 aromatic rings. The number of rotatable bonds is 0. The van der Waals surface area contributed by atoms with Gasteiger partial charge in [-0.05, 0) is 6.42 Å². The van der Waals surface area contributed by atoms with Gasteiger partial charge in [0.1, 0.15) is 6.10 Å². The smallest absolute Gasteiger partial charge is 0.121 e. The lowest BCUT2D eigenvalue weighted by atomic mass is 10.0. The first-order valence-corrected chi connectivity index (χ1v) is 3.27. The number of hydrogen-bond acceptors (Lipinski definition) is 4. The highest BCUT2D eigenvalue weighted by Gasteiger charge is 2.24. The number of aliphatic hydroxyl groups excluding tert-OH is 2. The number of hydrogen-bond donors (Lipinski definition) is 4. The van der Waals surface area contributed by atoms with E-state index >= 15 is 0 Å². The van der Waals surface area contributed by atoms with Crippen LogP contribution < -0.4 is 11.1 Å². The lowest BCUT2D eigenvalue weighted by molar-refractivity contribution is 0.0206. The van der Waals surface area contributed by atoms with Gasteiger partial charge in [0, 0.05) is 12.7 Å². The Morgan fingerprint density at radius 3 is 2.80 bits per heavy atom. The molecule has 4 nitrogen and oxygen atoms in total. The van der Waals surface area contributed by atoms with E-state index in [1.807, 2.05) is 0 Å². The largest absolute Gasteiger partial charge is 0.403 e. The fraction of sp³-hybridized carbons (Fsp3) is 0.667.